The zero-order valence-corrected chi connectivity index (χ0v) is 12.3. The summed E-state index contributed by atoms with van der Waals surface area (Å²) in [6.45, 7) is 14.8. The molecule has 0 aromatic rings. The van der Waals surface area contributed by atoms with Crippen molar-refractivity contribution in [1.29, 1.82) is 0 Å². The third kappa shape index (κ3) is 4.22. The summed E-state index contributed by atoms with van der Waals surface area (Å²) >= 11 is 0. The van der Waals surface area contributed by atoms with E-state index in [-0.39, 0.29) is 0 Å². The number of nitrogens with one attached hydrogen (secondary N) is 1. The Balaban J connectivity index is 1.67. The summed E-state index contributed by atoms with van der Waals surface area (Å²) in [6.07, 6.45) is 4.19. The van der Waals surface area contributed by atoms with Gasteiger partial charge in [0.1, 0.15) is 0 Å². The second kappa shape index (κ2) is 7.46. The summed E-state index contributed by atoms with van der Waals surface area (Å²) in [5, 5.41) is 3.46. The molecule has 2 rings (SSSR count). The highest BCUT2D eigenvalue weighted by molar-refractivity contribution is 4.81. The summed E-state index contributed by atoms with van der Waals surface area (Å²) in [5.74, 6) is 1.88. The summed E-state index contributed by atoms with van der Waals surface area (Å²) in [7, 11) is 0. The molecule has 0 bridgehead atoms. The Morgan fingerprint density at radius 1 is 1.06 bits per heavy atom. The molecule has 0 spiro atoms. The van der Waals surface area contributed by atoms with Crippen LogP contribution in [0.4, 0.5) is 0 Å². The van der Waals surface area contributed by atoms with E-state index in [4.69, 9.17) is 0 Å². The van der Waals surface area contributed by atoms with Crippen LogP contribution in [0.15, 0.2) is 0 Å². The van der Waals surface area contributed by atoms with Gasteiger partial charge in [0, 0.05) is 19.6 Å². The Hall–Kier alpha value is -0.120. The molecule has 2 saturated heterocycles. The summed E-state index contributed by atoms with van der Waals surface area (Å²) < 4.78 is 0. The Bertz CT molecular complexity index is 222. The van der Waals surface area contributed by atoms with E-state index in [0.29, 0.717) is 0 Å². The molecule has 2 heterocycles. The molecule has 3 nitrogen and oxygen atoms in total. The van der Waals surface area contributed by atoms with E-state index in [1.54, 1.807) is 0 Å². The fourth-order valence-electron chi connectivity index (χ4n) is 3.50. The minimum absolute atomic E-state index is 0.923. The van der Waals surface area contributed by atoms with Gasteiger partial charge in [-0.2, -0.15) is 0 Å². The third-order valence-electron chi connectivity index (χ3n) is 4.76. The van der Waals surface area contributed by atoms with Gasteiger partial charge in [0.15, 0.2) is 0 Å². The van der Waals surface area contributed by atoms with Crippen molar-refractivity contribution in [1.82, 2.24) is 15.1 Å². The molecule has 1 atom stereocenters. The third-order valence-corrected chi connectivity index (χ3v) is 4.76. The van der Waals surface area contributed by atoms with Crippen molar-refractivity contribution < 1.29 is 0 Å². The predicted molar refractivity (Wildman–Crippen MR) is 77.9 cm³/mol. The van der Waals surface area contributed by atoms with Crippen molar-refractivity contribution in [3.8, 4) is 0 Å². The van der Waals surface area contributed by atoms with E-state index in [1.807, 2.05) is 0 Å². The second-order valence-electron chi connectivity index (χ2n) is 6.09. The quantitative estimate of drug-likeness (QED) is 0.776. The molecule has 2 fully saturated rings. The summed E-state index contributed by atoms with van der Waals surface area (Å²) in [6, 6.07) is 0. The molecule has 0 aromatic carbocycles. The lowest BCUT2D eigenvalue weighted by Crippen LogP contribution is -2.36. The van der Waals surface area contributed by atoms with Gasteiger partial charge in [0.2, 0.25) is 0 Å². The van der Waals surface area contributed by atoms with Crippen molar-refractivity contribution in [2.45, 2.75) is 33.1 Å². The molecule has 106 valence electrons. The highest BCUT2D eigenvalue weighted by Gasteiger charge is 2.26. The average molecular weight is 253 g/mol. The van der Waals surface area contributed by atoms with E-state index >= 15 is 0 Å². The molecule has 0 aliphatic carbocycles. The van der Waals surface area contributed by atoms with Gasteiger partial charge in [-0.25, -0.2) is 0 Å². The first-order valence-corrected chi connectivity index (χ1v) is 7.97. The molecular formula is C15H31N3. The maximum absolute atomic E-state index is 3.46. The van der Waals surface area contributed by atoms with Crippen LogP contribution in [0.3, 0.4) is 0 Å². The number of hydrogen-bond acceptors (Lipinski definition) is 3. The molecule has 2 aliphatic heterocycles. The highest BCUT2D eigenvalue weighted by atomic mass is 15.2. The number of nitrogens with zero attached hydrogens (tertiary/aromatic N) is 2. The highest BCUT2D eigenvalue weighted by Crippen LogP contribution is 2.21. The molecule has 18 heavy (non-hydrogen) atoms. The molecule has 0 amide bonds. The summed E-state index contributed by atoms with van der Waals surface area (Å²) in [4.78, 5) is 5.31. The van der Waals surface area contributed by atoms with Gasteiger partial charge in [0.25, 0.3) is 0 Å². The lowest BCUT2D eigenvalue weighted by molar-refractivity contribution is 0.216. The fraction of sp³-hybridized carbons (Fsp3) is 1.00. The van der Waals surface area contributed by atoms with Gasteiger partial charge in [-0.3, -0.25) is 0 Å². The van der Waals surface area contributed by atoms with Crippen LogP contribution < -0.4 is 5.32 Å². The van der Waals surface area contributed by atoms with Crippen LogP contribution in [0.5, 0.6) is 0 Å². The van der Waals surface area contributed by atoms with E-state index in [2.05, 4.69) is 29.0 Å². The van der Waals surface area contributed by atoms with Crippen LogP contribution in [-0.2, 0) is 0 Å². The smallest absolute Gasteiger partial charge is 0.00225 e. The maximum atomic E-state index is 3.46. The first-order valence-electron chi connectivity index (χ1n) is 7.97. The van der Waals surface area contributed by atoms with Crippen molar-refractivity contribution in [3.63, 3.8) is 0 Å². The average Bonchev–Trinajstić information content (AvgIpc) is 2.84. The molecule has 1 unspecified atom stereocenters. The lowest BCUT2D eigenvalue weighted by Gasteiger charge is -2.28. The molecule has 1 N–H and O–H groups in total. The van der Waals surface area contributed by atoms with Crippen molar-refractivity contribution >= 4 is 0 Å². The first-order chi connectivity index (χ1) is 8.81. The molecule has 0 radical (unpaired) electrons. The molecule has 3 heteroatoms. The molecule has 2 aliphatic rings. The normalized spacial score (nSPS) is 27.2. The van der Waals surface area contributed by atoms with Crippen molar-refractivity contribution in [3.05, 3.63) is 0 Å². The van der Waals surface area contributed by atoms with Gasteiger partial charge in [0.05, 0.1) is 0 Å². The standard InChI is InChI=1S/C15H31N3/c1-3-17(4-2)12-15-7-10-18(13-15)11-14-5-8-16-9-6-14/h14-16H,3-13H2,1-2H3. The zero-order valence-electron chi connectivity index (χ0n) is 12.3. The molecule has 0 saturated carbocycles. The lowest BCUT2D eigenvalue weighted by atomic mass is 9.98. The minimum Gasteiger partial charge on any atom is -0.317 e. The number of piperidine rings is 1. The van der Waals surface area contributed by atoms with Gasteiger partial charge in [-0.15, -0.1) is 0 Å². The van der Waals surface area contributed by atoms with Gasteiger partial charge >= 0.3 is 0 Å². The molecule has 0 aromatic heterocycles. The van der Waals surface area contributed by atoms with Crippen LogP contribution >= 0.6 is 0 Å². The van der Waals surface area contributed by atoms with Gasteiger partial charge < -0.3 is 15.1 Å². The van der Waals surface area contributed by atoms with E-state index < -0.39 is 0 Å². The SMILES string of the molecule is CCN(CC)CC1CCN(CC2CCNCC2)C1. The van der Waals surface area contributed by atoms with Crippen molar-refractivity contribution in [2.24, 2.45) is 11.8 Å². The van der Waals surface area contributed by atoms with Crippen LogP contribution in [0.25, 0.3) is 0 Å². The van der Waals surface area contributed by atoms with Crippen LogP contribution in [0.1, 0.15) is 33.1 Å². The monoisotopic (exact) mass is 253 g/mol. The van der Waals surface area contributed by atoms with E-state index in [1.165, 1.54) is 71.6 Å². The zero-order chi connectivity index (χ0) is 12.8. The Morgan fingerprint density at radius 3 is 2.44 bits per heavy atom. The fourth-order valence-corrected chi connectivity index (χ4v) is 3.50. The largest absolute Gasteiger partial charge is 0.317 e. The van der Waals surface area contributed by atoms with Crippen molar-refractivity contribution in [2.75, 3.05) is 52.4 Å². The van der Waals surface area contributed by atoms with E-state index in [0.717, 1.165) is 11.8 Å². The van der Waals surface area contributed by atoms with Crippen LogP contribution in [0, 0.1) is 11.8 Å². The van der Waals surface area contributed by atoms with E-state index in [9.17, 15) is 0 Å². The minimum atomic E-state index is 0.923. The van der Waals surface area contributed by atoms with Crippen LogP contribution in [0.2, 0.25) is 0 Å². The molecular weight excluding hydrogens is 222 g/mol. The number of rotatable bonds is 6. The second-order valence-corrected chi connectivity index (χ2v) is 6.09. The summed E-state index contributed by atoms with van der Waals surface area (Å²) in [5.41, 5.74) is 0. The Kier molecular flexibility index (Phi) is 5.93. The number of likely N-dealkylation sites (tertiary alicyclic amines) is 1. The predicted octanol–water partition coefficient (Wildman–Crippen LogP) is 1.65. The number of hydrogen-bond donors (Lipinski definition) is 1. The first kappa shape index (κ1) is 14.3. The van der Waals surface area contributed by atoms with Gasteiger partial charge in [-0.05, 0) is 63.8 Å². The Labute approximate surface area is 113 Å². The van der Waals surface area contributed by atoms with Gasteiger partial charge in [-0.1, -0.05) is 13.8 Å². The maximum Gasteiger partial charge on any atom is 0.00225 e. The Morgan fingerprint density at radius 2 is 1.78 bits per heavy atom. The van der Waals surface area contributed by atoms with Crippen LogP contribution in [-0.4, -0.2) is 62.2 Å². The topological polar surface area (TPSA) is 18.5 Å².